The van der Waals surface area contributed by atoms with Crippen LogP contribution in [0, 0.1) is 11.3 Å². The van der Waals surface area contributed by atoms with Crippen LogP contribution in [0.2, 0.25) is 0 Å². The summed E-state index contributed by atoms with van der Waals surface area (Å²) in [5.74, 6) is 0.644. The summed E-state index contributed by atoms with van der Waals surface area (Å²) in [6, 6.07) is 0. The molecule has 0 aromatic rings. The van der Waals surface area contributed by atoms with Crippen LogP contribution in [-0.4, -0.2) is 54.7 Å². The highest BCUT2D eigenvalue weighted by Gasteiger charge is 2.38. The standard InChI is InChI=1S/C15H27NO3/c1-12-4-3-5-15(6-12,11-18)10-16-7-13(2)19-14(8-16)9-17/h11-14,17H,3-10H2,1-2H3. The van der Waals surface area contributed by atoms with Crippen molar-refractivity contribution < 1.29 is 14.6 Å². The van der Waals surface area contributed by atoms with Crippen molar-refractivity contribution in [3.05, 3.63) is 0 Å². The van der Waals surface area contributed by atoms with Crippen molar-refractivity contribution >= 4 is 6.29 Å². The average molecular weight is 269 g/mol. The van der Waals surface area contributed by atoms with Crippen molar-refractivity contribution in [3.63, 3.8) is 0 Å². The molecule has 4 heteroatoms. The Morgan fingerprint density at radius 1 is 1.42 bits per heavy atom. The third-order valence-corrected chi connectivity index (χ3v) is 4.52. The second-order valence-corrected chi connectivity index (χ2v) is 6.63. The molecule has 0 amide bonds. The minimum atomic E-state index is -0.172. The molecular formula is C15H27NO3. The van der Waals surface area contributed by atoms with Crippen LogP contribution in [0.4, 0.5) is 0 Å². The molecule has 2 rings (SSSR count). The van der Waals surface area contributed by atoms with E-state index in [0.29, 0.717) is 5.92 Å². The van der Waals surface area contributed by atoms with Gasteiger partial charge in [0.05, 0.1) is 18.8 Å². The first-order valence-electron chi connectivity index (χ1n) is 7.52. The van der Waals surface area contributed by atoms with Gasteiger partial charge in [-0.1, -0.05) is 19.8 Å². The molecule has 4 unspecified atom stereocenters. The Labute approximate surface area is 116 Å². The third-order valence-electron chi connectivity index (χ3n) is 4.52. The van der Waals surface area contributed by atoms with Crippen molar-refractivity contribution in [2.75, 3.05) is 26.2 Å². The quantitative estimate of drug-likeness (QED) is 0.785. The molecular weight excluding hydrogens is 242 g/mol. The lowest BCUT2D eigenvalue weighted by molar-refractivity contribution is -0.127. The number of carbonyl (C=O) groups is 1. The first-order valence-corrected chi connectivity index (χ1v) is 7.52. The van der Waals surface area contributed by atoms with E-state index < -0.39 is 0 Å². The SMILES string of the molecule is CC1CCCC(C=O)(CN2CC(C)OC(CO)C2)C1. The van der Waals surface area contributed by atoms with Crippen LogP contribution < -0.4 is 0 Å². The van der Waals surface area contributed by atoms with E-state index in [9.17, 15) is 9.90 Å². The van der Waals surface area contributed by atoms with Gasteiger partial charge in [0, 0.05) is 25.0 Å². The van der Waals surface area contributed by atoms with Gasteiger partial charge in [-0.25, -0.2) is 0 Å². The van der Waals surface area contributed by atoms with Crippen molar-refractivity contribution in [3.8, 4) is 0 Å². The van der Waals surface area contributed by atoms with Crippen LogP contribution in [0.15, 0.2) is 0 Å². The largest absolute Gasteiger partial charge is 0.394 e. The Hall–Kier alpha value is -0.450. The maximum Gasteiger partial charge on any atom is 0.127 e. The molecule has 110 valence electrons. The Kier molecular flexibility index (Phi) is 4.98. The Balaban J connectivity index is 1.99. The highest BCUT2D eigenvalue weighted by atomic mass is 16.5. The average Bonchev–Trinajstić information content (AvgIpc) is 2.38. The molecule has 0 radical (unpaired) electrons. The van der Waals surface area contributed by atoms with E-state index in [2.05, 4.69) is 11.8 Å². The summed E-state index contributed by atoms with van der Waals surface area (Å²) in [6.07, 6.45) is 5.64. The number of aldehydes is 1. The van der Waals surface area contributed by atoms with Gasteiger partial charge in [0.15, 0.2) is 0 Å². The first kappa shape index (κ1) is 14.9. The molecule has 4 nitrogen and oxygen atoms in total. The fraction of sp³-hybridized carbons (Fsp3) is 0.933. The monoisotopic (exact) mass is 269 g/mol. The summed E-state index contributed by atoms with van der Waals surface area (Å²) in [5, 5.41) is 9.27. The summed E-state index contributed by atoms with van der Waals surface area (Å²) < 4.78 is 5.66. The highest BCUT2D eigenvalue weighted by molar-refractivity contribution is 5.60. The zero-order valence-electron chi connectivity index (χ0n) is 12.2. The maximum absolute atomic E-state index is 11.6. The van der Waals surface area contributed by atoms with Crippen LogP contribution in [0.5, 0.6) is 0 Å². The van der Waals surface area contributed by atoms with Gasteiger partial charge in [-0.15, -0.1) is 0 Å². The van der Waals surface area contributed by atoms with Gasteiger partial charge >= 0.3 is 0 Å². The number of morpholine rings is 1. The smallest absolute Gasteiger partial charge is 0.127 e. The normalized spacial score (nSPS) is 41.1. The van der Waals surface area contributed by atoms with E-state index in [0.717, 1.165) is 38.9 Å². The Morgan fingerprint density at radius 2 is 2.21 bits per heavy atom. The molecule has 2 aliphatic rings. The Bertz CT molecular complexity index is 310. The number of ether oxygens (including phenoxy) is 1. The molecule has 19 heavy (non-hydrogen) atoms. The minimum absolute atomic E-state index is 0.0608. The van der Waals surface area contributed by atoms with Gasteiger partial charge in [-0.2, -0.15) is 0 Å². The molecule has 1 aliphatic heterocycles. The van der Waals surface area contributed by atoms with Gasteiger partial charge in [0.2, 0.25) is 0 Å². The van der Waals surface area contributed by atoms with E-state index in [1.54, 1.807) is 0 Å². The molecule has 1 saturated heterocycles. The van der Waals surface area contributed by atoms with E-state index >= 15 is 0 Å². The molecule has 0 aromatic carbocycles. The maximum atomic E-state index is 11.6. The zero-order valence-corrected chi connectivity index (χ0v) is 12.2. The van der Waals surface area contributed by atoms with E-state index in [1.165, 1.54) is 12.7 Å². The minimum Gasteiger partial charge on any atom is -0.394 e. The third kappa shape index (κ3) is 3.77. The second kappa shape index (κ2) is 6.33. The fourth-order valence-corrected chi connectivity index (χ4v) is 3.80. The molecule has 0 spiro atoms. The lowest BCUT2D eigenvalue weighted by Gasteiger charge is -2.43. The fourth-order valence-electron chi connectivity index (χ4n) is 3.80. The number of carbonyl (C=O) groups excluding carboxylic acids is 1. The summed E-state index contributed by atoms with van der Waals surface area (Å²) in [5.41, 5.74) is -0.172. The van der Waals surface area contributed by atoms with Gasteiger partial charge in [-0.05, 0) is 25.7 Å². The van der Waals surface area contributed by atoms with Crippen LogP contribution >= 0.6 is 0 Å². The van der Waals surface area contributed by atoms with Crippen molar-refractivity contribution in [1.82, 2.24) is 4.90 Å². The van der Waals surface area contributed by atoms with Crippen LogP contribution in [-0.2, 0) is 9.53 Å². The van der Waals surface area contributed by atoms with E-state index in [-0.39, 0.29) is 24.2 Å². The Morgan fingerprint density at radius 3 is 2.84 bits per heavy atom. The van der Waals surface area contributed by atoms with E-state index in [4.69, 9.17) is 4.74 Å². The lowest BCUT2D eigenvalue weighted by atomic mass is 9.70. The van der Waals surface area contributed by atoms with Crippen LogP contribution in [0.25, 0.3) is 0 Å². The van der Waals surface area contributed by atoms with Crippen molar-refractivity contribution in [2.24, 2.45) is 11.3 Å². The first-order chi connectivity index (χ1) is 9.07. The molecule has 0 bridgehead atoms. The summed E-state index contributed by atoms with van der Waals surface area (Å²) in [6.45, 7) is 6.77. The summed E-state index contributed by atoms with van der Waals surface area (Å²) in [4.78, 5) is 13.9. The van der Waals surface area contributed by atoms with E-state index in [1.807, 2.05) is 6.92 Å². The van der Waals surface area contributed by atoms with Crippen molar-refractivity contribution in [1.29, 1.82) is 0 Å². The molecule has 4 atom stereocenters. The highest BCUT2D eigenvalue weighted by Crippen LogP contribution is 2.38. The van der Waals surface area contributed by atoms with Gasteiger partial charge in [-0.3, -0.25) is 4.90 Å². The van der Waals surface area contributed by atoms with Gasteiger partial charge < -0.3 is 14.6 Å². The lowest BCUT2D eigenvalue weighted by Crippen LogP contribution is -2.52. The van der Waals surface area contributed by atoms with Crippen LogP contribution in [0.3, 0.4) is 0 Å². The molecule has 1 saturated carbocycles. The summed E-state index contributed by atoms with van der Waals surface area (Å²) >= 11 is 0. The van der Waals surface area contributed by atoms with Gasteiger partial charge in [0.1, 0.15) is 6.29 Å². The number of aliphatic hydroxyl groups is 1. The predicted molar refractivity (Wildman–Crippen MR) is 74.0 cm³/mol. The molecule has 1 N–H and O–H groups in total. The second-order valence-electron chi connectivity index (χ2n) is 6.63. The topological polar surface area (TPSA) is 49.8 Å². The summed E-state index contributed by atoms with van der Waals surface area (Å²) in [7, 11) is 0. The number of nitrogens with zero attached hydrogens (tertiary/aromatic N) is 1. The molecule has 1 aliphatic carbocycles. The zero-order chi connectivity index (χ0) is 13.9. The van der Waals surface area contributed by atoms with Crippen LogP contribution in [0.1, 0.15) is 39.5 Å². The van der Waals surface area contributed by atoms with Crippen molar-refractivity contribution in [2.45, 2.75) is 51.7 Å². The number of rotatable bonds is 4. The molecule has 2 fully saturated rings. The molecule has 1 heterocycles. The predicted octanol–water partition coefficient (Wildman–Crippen LogP) is 1.46. The van der Waals surface area contributed by atoms with Gasteiger partial charge in [0.25, 0.3) is 0 Å². The number of hydrogen-bond donors (Lipinski definition) is 1. The number of hydrogen-bond acceptors (Lipinski definition) is 4. The molecule has 0 aromatic heterocycles. The number of aliphatic hydroxyl groups excluding tert-OH is 1.